The number of halogens is 1. The zero-order valence-electron chi connectivity index (χ0n) is 15.9. The van der Waals surface area contributed by atoms with Crippen molar-refractivity contribution in [2.24, 2.45) is 0 Å². The molecule has 0 spiro atoms. The fraction of sp³-hybridized carbons (Fsp3) is 0.238. The Labute approximate surface area is 169 Å². The van der Waals surface area contributed by atoms with Crippen LogP contribution in [0.25, 0.3) is 22.5 Å². The van der Waals surface area contributed by atoms with Gasteiger partial charge in [-0.05, 0) is 51.3 Å². The van der Waals surface area contributed by atoms with Crippen LogP contribution in [0.5, 0.6) is 5.75 Å². The van der Waals surface area contributed by atoms with Crippen LogP contribution in [0.1, 0.15) is 16.8 Å². The van der Waals surface area contributed by atoms with Gasteiger partial charge in [-0.1, -0.05) is 35.9 Å². The largest absolute Gasteiger partial charge is 0.504 e. The van der Waals surface area contributed by atoms with Crippen LogP contribution < -0.4 is 5.32 Å². The van der Waals surface area contributed by atoms with Crippen molar-refractivity contribution in [3.8, 4) is 28.3 Å². The van der Waals surface area contributed by atoms with Crippen LogP contribution in [0.4, 0.5) is 0 Å². The van der Waals surface area contributed by atoms with E-state index >= 15 is 0 Å². The molecular weight excluding hydrogens is 376 g/mol. The Morgan fingerprint density at radius 2 is 1.75 bits per heavy atom. The molecule has 6 nitrogen and oxygen atoms in total. The van der Waals surface area contributed by atoms with Gasteiger partial charge in [0.2, 0.25) is 0 Å². The average molecular weight is 399 g/mol. The van der Waals surface area contributed by atoms with Crippen molar-refractivity contribution in [3.05, 3.63) is 59.1 Å². The van der Waals surface area contributed by atoms with Crippen molar-refractivity contribution in [2.45, 2.75) is 6.42 Å². The number of rotatable bonds is 7. The van der Waals surface area contributed by atoms with Crippen molar-refractivity contribution in [1.82, 2.24) is 20.4 Å². The number of aromatic nitrogens is 2. The molecule has 3 N–H and O–H groups in total. The lowest BCUT2D eigenvalue weighted by molar-refractivity contribution is 0.0952. The predicted octanol–water partition coefficient (Wildman–Crippen LogP) is 3.78. The number of nitrogens with one attached hydrogen (secondary N) is 2. The zero-order chi connectivity index (χ0) is 20.1. The summed E-state index contributed by atoms with van der Waals surface area (Å²) in [6.45, 7) is 1.55. The smallest absolute Gasteiger partial charge is 0.251 e. The molecule has 7 heteroatoms. The first-order valence-corrected chi connectivity index (χ1v) is 9.40. The molecule has 0 aliphatic carbocycles. The molecule has 0 aliphatic rings. The topological polar surface area (TPSA) is 81.2 Å². The summed E-state index contributed by atoms with van der Waals surface area (Å²) in [6.07, 6.45) is 0.894. The number of aromatic amines is 1. The van der Waals surface area contributed by atoms with Gasteiger partial charge in [0.25, 0.3) is 5.91 Å². The van der Waals surface area contributed by atoms with E-state index in [1.165, 1.54) is 0 Å². The van der Waals surface area contributed by atoms with Gasteiger partial charge in [-0.2, -0.15) is 5.10 Å². The monoisotopic (exact) mass is 398 g/mol. The first kappa shape index (κ1) is 19.9. The van der Waals surface area contributed by atoms with Gasteiger partial charge in [0.05, 0.1) is 0 Å². The molecule has 28 heavy (non-hydrogen) atoms. The maximum absolute atomic E-state index is 12.2. The third kappa shape index (κ3) is 4.71. The molecule has 0 radical (unpaired) electrons. The summed E-state index contributed by atoms with van der Waals surface area (Å²) in [6, 6.07) is 14.1. The quantitative estimate of drug-likeness (QED) is 0.529. The molecule has 0 fully saturated rings. The summed E-state index contributed by atoms with van der Waals surface area (Å²) in [5.41, 5.74) is 3.03. The number of amides is 1. The molecule has 3 aromatic rings. The van der Waals surface area contributed by atoms with Gasteiger partial charge >= 0.3 is 0 Å². The summed E-state index contributed by atoms with van der Waals surface area (Å²) in [5, 5.41) is 21.2. The highest BCUT2D eigenvalue weighted by atomic mass is 35.5. The van der Waals surface area contributed by atoms with Crippen LogP contribution in [0, 0.1) is 0 Å². The summed E-state index contributed by atoms with van der Waals surface area (Å²) < 4.78 is 0. The number of H-pyrrole nitrogens is 1. The van der Waals surface area contributed by atoms with Crippen LogP contribution in [0.15, 0.2) is 48.5 Å². The van der Waals surface area contributed by atoms with Crippen molar-refractivity contribution < 1.29 is 9.90 Å². The molecule has 0 atom stereocenters. The van der Waals surface area contributed by atoms with Gasteiger partial charge in [0, 0.05) is 28.3 Å². The molecule has 3 rings (SSSR count). The van der Waals surface area contributed by atoms with E-state index in [2.05, 4.69) is 20.4 Å². The van der Waals surface area contributed by atoms with Crippen molar-refractivity contribution in [2.75, 3.05) is 27.2 Å². The fourth-order valence-electron chi connectivity index (χ4n) is 2.83. The second kappa shape index (κ2) is 8.91. The van der Waals surface area contributed by atoms with Gasteiger partial charge in [-0.3, -0.25) is 9.89 Å². The number of carbonyl (C=O) groups excluding carboxylic acids is 1. The number of hydrogen-bond acceptors (Lipinski definition) is 4. The molecule has 0 aliphatic heterocycles. The number of carbonyl (C=O) groups is 1. The van der Waals surface area contributed by atoms with Crippen LogP contribution in [-0.2, 0) is 0 Å². The molecule has 146 valence electrons. The molecule has 1 aromatic heterocycles. The molecule has 1 heterocycles. The maximum Gasteiger partial charge on any atom is 0.251 e. The zero-order valence-corrected chi connectivity index (χ0v) is 16.6. The van der Waals surface area contributed by atoms with E-state index in [0.717, 1.165) is 24.1 Å². The maximum atomic E-state index is 12.2. The Hall–Kier alpha value is -2.83. The van der Waals surface area contributed by atoms with Crippen LogP contribution >= 0.6 is 11.6 Å². The lowest BCUT2D eigenvalue weighted by atomic mass is 10.1. The molecule has 0 bridgehead atoms. The van der Waals surface area contributed by atoms with Crippen molar-refractivity contribution in [3.63, 3.8) is 0 Å². The second-order valence-corrected chi connectivity index (χ2v) is 7.23. The second-order valence-electron chi connectivity index (χ2n) is 6.79. The van der Waals surface area contributed by atoms with Crippen LogP contribution in [0.2, 0.25) is 5.02 Å². The lowest BCUT2D eigenvalue weighted by Gasteiger charge is -2.10. The van der Waals surface area contributed by atoms with E-state index in [-0.39, 0.29) is 11.7 Å². The minimum Gasteiger partial charge on any atom is -0.504 e. The Bertz CT molecular complexity index is 934. The van der Waals surface area contributed by atoms with E-state index in [1.54, 1.807) is 36.4 Å². The van der Waals surface area contributed by atoms with Gasteiger partial charge in [0.15, 0.2) is 5.75 Å². The minimum atomic E-state index is -0.113. The van der Waals surface area contributed by atoms with E-state index in [1.807, 2.05) is 26.2 Å². The Balaban J connectivity index is 1.70. The average Bonchev–Trinajstić information content (AvgIpc) is 3.07. The fourth-order valence-corrected chi connectivity index (χ4v) is 2.96. The summed E-state index contributed by atoms with van der Waals surface area (Å²) in [5.74, 6) is -0.0541. The standard InChI is InChI=1S/C21H23ClN4O2/c1-26(2)13-3-12-23-21(28)16-6-4-14(5-7-16)18-20(27)19(25-24-18)15-8-10-17(22)11-9-15/h4-11,27H,3,12-13H2,1-2H3,(H,23,28)(H,24,25). The van der Waals surface area contributed by atoms with Gasteiger partial charge in [0.1, 0.15) is 11.4 Å². The molecule has 0 unspecified atom stereocenters. The molecular formula is C21H23ClN4O2. The summed E-state index contributed by atoms with van der Waals surface area (Å²) >= 11 is 5.91. The van der Waals surface area contributed by atoms with Crippen LogP contribution in [-0.4, -0.2) is 53.3 Å². The van der Waals surface area contributed by atoms with E-state index in [4.69, 9.17) is 11.6 Å². The highest BCUT2D eigenvalue weighted by Crippen LogP contribution is 2.36. The molecule has 0 saturated heterocycles. The first-order chi connectivity index (χ1) is 13.5. The minimum absolute atomic E-state index is 0.0585. The normalized spacial score (nSPS) is 11.0. The molecule has 2 aromatic carbocycles. The van der Waals surface area contributed by atoms with E-state index < -0.39 is 0 Å². The number of benzene rings is 2. The number of nitrogens with zero attached hydrogens (tertiary/aromatic N) is 2. The van der Waals surface area contributed by atoms with Crippen molar-refractivity contribution >= 4 is 17.5 Å². The third-order valence-electron chi connectivity index (χ3n) is 4.36. The van der Waals surface area contributed by atoms with E-state index in [9.17, 15) is 9.90 Å². The van der Waals surface area contributed by atoms with Gasteiger partial charge in [-0.15, -0.1) is 0 Å². The predicted molar refractivity (Wildman–Crippen MR) is 112 cm³/mol. The number of aromatic hydroxyl groups is 1. The summed E-state index contributed by atoms with van der Waals surface area (Å²) in [7, 11) is 4.01. The Morgan fingerprint density at radius 3 is 2.39 bits per heavy atom. The Morgan fingerprint density at radius 1 is 1.11 bits per heavy atom. The molecule has 1 amide bonds. The van der Waals surface area contributed by atoms with Crippen LogP contribution in [0.3, 0.4) is 0 Å². The van der Waals surface area contributed by atoms with Gasteiger partial charge in [-0.25, -0.2) is 0 Å². The SMILES string of the molecule is CN(C)CCCNC(=O)c1ccc(-c2n[nH]c(-c3ccc(Cl)cc3)c2O)cc1. The Kier molecular flexibility index (Phi) is 6.34. The van der Waals surface area contributed by atoms with Gasteiger partial charge < -0.3 is 15.3 Å². The summed E-state index contributed by atoms with van der Waals surface area (Å²) in [4.78, 5) is 14.3. The first-order valence-electron chi connectivity index (χ1n) is 9.02. The third-order valence-corrected chi connectivity index (χ3v) is 4.61. The molecule has 0 saturated carbocycles. The van der Waals surface area contributed by atoms with Crippen molar-refractivity contribution in [1.29, 1.82) is 0 Å². The van der Waals surface area contributed by atoms with E-state index in [0.29, 0.717) is 28.5 Å². The lowest BCUT2D eigenvalue weighted by Crippen LogP contribution is -2.27. The highest BCUT2D eigenvalue weighted by molar-refractivity contribution is 6.30. The number of hydrogen-bond donors (Lipinski definition) is 3. The highest BCUT2D eigenvalue weighted by Gasteiger charge is 2.16.